The van der Waals surface area contributed by atoms with E-state index in [1.165, 1.54) is 12.1 Å². The first-order valence-electron chi connectivity index (χ1n) is 10.3. The SMILES string of the molecule is Cc1ccc(C2(C)NC(=O)N(CC(=O)Nc3ccc(C(=O)NC4CC4)c(Cl)c3)C2=O)cc1. The fourth-order valence-electron chi connectivity index (χ4n) is 3.54. The van der Waals surface area contributed by atoms with Crippen LogP contribution in [0.5, 0.6) is 0 Å². The van der Waals surface area contributed by atoms with Crippen molar-refractivity contribution in [2.45, 2.75) is 38.3 Å². The van der Waals surface area contributed by atoms with Crippen LogP contribution in [0.15, 0.2) is 42.5 Å². The molecule has 1 heterocycles. The Morgan fingerprint density at radius 2 is 1.84 bits per heavy atom. The van der Waals surface area contributed by atoms with E-state index in [1.807, 2.05) is 19.1 Å². The van der Waals surface area contributed by atoms with Crippen LogP contribution < -0.4 is 16.0 Å². The monoisotopic (exact) mass is 454 g/mol. The zero-order valence-electron chi connectivity index (χ0n) is 17.7. The van der Waals surface area contributed by atoms with Crippen LogP contribution in [0.3, 0.4) is 0 Å². The Balaban J connectivity index is 1.42. The highest BCUT2D eigenvalue weighted by molar-refractivity contribution is 6.34. The molecule has 2 aliphatic rings. The van der Waals surface area contributed by atoms with Crippen LogP contribution in [-0.2, 0) is 15.1 Å². The fraction of sp³-hybridized carbons (Fsp3) is 0.304. The minimum atomic E-state index is -1.25. The van der Waals surface area contributed by atoms with E-state index in [4.69, 9.17) is 11.6 Å². The number of urea groups is 1. The van der Waals surface area contributed by atoms with E-state index in [0.717, 1.165) is 23.3 Å². The lowest BCUT2D eigenvalue weighted by Gasteiger charge is -2.22. The van der Waals surface area contributed by atoms with Gasteiger partial charge in [-0.15, -0.1) is 0 Å². The quantitative estimate of drug-likeness (QED) is 0.583. The maximum atomic E-state index is 13.0. The van der Waals surface area contributed by atoms with Crippen LogP contribution in [0.4, 0.5) is 10.5 Å². The number of anilines is 1. The Morgan fingerprint density at radius 3 is 2.47 bits per heavy atom. The van der Waals surface area contributed by atoms with Gasteiger partial charge in [-0.05, 0) is 50.5 Å². The number of nitrogens with one attached hydrogen (secondary N) is 3. The van der Waals surface area contributed by atoms with Gasteiger partial charge in [0.2, 0.25) is 5.91 Å². The molecule has 1 unspecified atom stereocenters. The Kier molecular flexibility index (Phi) is 5.64. The first-order chi connectivity index (χ1) is 15.2. The number of hydrogen-bond donors (Lipinski definition) is 3. The van der Waals surface area contributed by atoms with Gasteiger partial charge in [-0.3, -0.25) is 19.3 Å². The Labute approximate surface area is 190 Å². The number of nitrogens with zero attached hydrogens (tertiary/aromatic N) is 1. The summed E-state index contributed by atoms with van der Waals surface area (Å²) in [5, 5.41) is 8.34. The fourth-order valence-corrected chi connectivity index (χ4v) is 3.80. The molecule has 3 N–H and O–H groups in total. The summed E-state index contributed by atoms with van der Waals surface area (Å²) in [7, 11) is 0. The van der Waals surface area contributed by atoms with Crippen LogP contribution in [0.1, 0.15) is 41.3 Å². The molecule has 1 saturated heterocycles. The van der Waals surface area contributed by atoms with Gasteiger partial charge in [0.05, 0.1) is 10.6 Å². The molecule has 4 rings (SSSR count). The first-order valence-corrected chi connectivity index (χ1v) is 10.7. The van der Waals surface area contributed by atoms with Crippen LogP contribution in [-0.4, -0.2) is 41.2 Å². The summed E-state index contributed by atoms with van der Waals surface area (Å²) in [4.78, 5) is 51.0. The highest BCUT2D eigenvalue weighted by Crippen LogP contribution is 2.29. The molecule has 0 bridgehead atoms. The second-order valence-electron chi connectivity index (χ2n) is 8.30. The average Bonchev–Trinajstić information content (AvgIpc) is 3.52. The minimum absolute atomic E-state index is 0.197. The summed E-state index contributed by atoms with van der Waals surface area (Å²) in [5.41, 5.74) is 1.09. The zero-order chi connectivity index (χ0) is 23.0. The number of hydrogen-bond acceptors (Lipinski definition) is 4. The van der Waals surface area contributed by atoms with Crippen LogP contribution in [0, 0.1) is 6.92 Å². The summed E-state index contributed by atoms with van der Waals surface area (Å²) in [6.45, 7) is 3.09. The van der Waals surface area contributed by atoms with Crippen molar-refractivity contribution in [3.05, 3.63) is 64.2 Å². The maximum Gasteiger partial charge on any atom is 0.325 e. The standard InChI is InChI=1S/C23H23ClN4O4/c1-13-3-5-14(6-4-13)23(2)21(31)28(22(32)27-23)12-19(29)25-16-9-10-17(18(24)11-16)20(30)26-15-7-8-15/h3-6,9-11,15H,7-8,12H2,1-2H3,(H,25,29)(H,26,30)(H,27,32). The maximum absolute atomic E-state index is 13.0. The molecule has 5 amide bonds. The normalized spacial score (nSPS) is 20.2. The van der Waals surface area contributed by atoms with Gasteiger partial charge in [0, 0.05) is 11.7 Å². The predicted molar refractivity (Wildman–Crippen MR) is 119 cm³/mol. The lowest BCUT2D eigenvalue weighted by molar-refractivity contribution is -0.133. The zero-order valence-corrected chi connectivity index (χ0v) is 18.5. The predicted octanol–water partition coefficient (Wildman–Crippen LogP) is 2.95. The summed E-state index contributed by atoms with van der Waals surface area (Å²) < 4.78 is 0. The third kappa shape index (κ3) is 4.31. The molecule has 8 nitrogen and oxygen atoms in total. The summed E-state index contributed by atoms with van der Waals surface area (Å²) in [6, 6.07) is 11.4. The van der Waals surface area contributed by atoms with E-state index >= 15 is 0 Å². The lowest BCUT2D eigenvalue weighted by Crippen LogP contribution is -2.42. The van der Waals surface area contributed by atoms with Gasteiger partial charge in [0.25, 0.3) is 11.8 Å². The van der Waals surface area contributed by atoms with Crippen LogP contribution in [0.2, 0.25) is 5.02 Å². The molecular weight excluding hydrogens is 432 g/mol. The van der Waals surface area contributed by atoms with Crippen molar-refractivity contribution in [3.63, 3.8) is 0 Å². The minimum Gasteiger partial charge on any atom is -0.349 e. The second kappa shape index (κ2) is 8.27. The van der Waals surface area contributed by atoms with Crippen molar-refractivity contribution in [1.82, 2.24) is 15.5 Å². The number of rotatable bonds is 6. The molecule has 166 valence electrons. The Morgan fingerprint density at radius 1 is 1.16 bits per heavy atom. The molecule has 1 aliphatic heterocycles. The average molecular weight is 455 g/mol. The summed E-state index contributed by atoms with van der Waals surface area (Å²) in [5.74, 6) is -1.33. The molecule has 1 aliphatic carbocycles. The number of amides is 5. The molecular formula is C23H23ClN4O4. The van der Waals surface area contributed by atoms with Gasteiger partial charge in [0.1, 0.15) is 12.1 Å². The third-order valence-corrected chi connectivity index (χ3v) is 5.93. The van der Waals surface area contributed by atoms with Crippen molar-refractivity contribution >= 4 is 41.0 Å². The number of carbonyl (C=O) groups is 4. The smallest absolute Gasteiger partial charge is 0.325 e. The van der Waals surface area contributed by atoms with E-state index in [-0.39, 0.29) is 17.0 Å². The molecule has 2 fully saturated rings. The Hall–Kier alpha value is -3.39. The van der Waals surface area contributed by atoms with E-state index in [1.54, 1.807) is 25.1 Å². The van der Waals surface area contributed by atoms with Gasteiger partial charge in [-0.25, -0.2) is 4.79 Å². The first kappa shape index (κ1) is 21.8. The van der Waals surface area contributed by atoms with E-state index < -0.39 is 29.9 Å². The molecule has 0 spiro atoms. The molecule has 1 saturated carbocycles. The number of carbonyl (C=O) groups excluding carboxylic acids is 4. The summed E-state index contributed by atoms with van der Waals surface area (Å²) in [6.07, 6.45) is 1.92. The number of benzene rings is 2. The molecule has 32 heavy (non-hydrogen) atoms. The molecule has 2 aromatic carbocycles. The third-order valence-electron chi connectivity index (χ3n) is 5.62. The van der Waals surface area contributed by atoms with E-state index in [0.29, 0.717) is 16.8 Å². The number of halogens is 1. The van der Waals surface area contributed by atoms with Crippen molar-refractivity contribution in [3.8, 4) is 0 Å². The van der Waals surface area contributed by atoms with Crippen LogP contribution in [0.25, 0.3) is 0 Å². The molecule has 2 aromatic rings. The van der Waals surface area contributed by atoms with E-state index in [2.05, 4.69) is 16.0 Å². The van der Waals surface area contributed by atoms with Gasteiger partial charge in [0.15, 0.2) is 0 Å². The van der Waals surface area contributed by atoms with Crippen molar-refractivity contribution in [2.75, 3.05) is 11.9 Å². The van der Waals surface area contributed by atoms with E-state index in [9.17, 15) is 19.2 Å². The molecule has 1 atom stereocenters. The summed E-state index contributed by atoms with van der Waals surface area (Å²) >= 11 is 6.20. The molecule has 0 aromatic heterocycles. The van der Waals surface area contributed by atoms with Crippen molar-refractivity contribution < 1.29 is 19.2 Å². The van der Waals surface area contributed by atoms with Crippen molar-refractivity contribution in [2.24, 2.45) is 0 Å². The number of aryl methyl sites for hydroxylation is 1. The topological polar surface area (TPSA) is 108 Å². The van der Waals surface area contributed by atoms with Gasteiger partial charge in [-0.1, -0.05) is 41.4 Å². The van der Waals surface area contributed by atoms with Crippen molar-refractivity contribution in [1.29, 1.82) is 0 Å². The number of imide groups is 1. The van der Waals surface area contributed by atoms with Crippen LogP contribution >= 0.6 is 11.6 Å². The molecule has 0 radical (unpaired) electrons. The van der Waals surface area contributed by atoms with Gasteiger partial charge >= 0.3 is 6.03 Å². The highest BCUT2D eigenvalue weighted by atomic mass is 35.5. The largest absolute Gasteiger partial charge is 0.349 e. The highest BCUT2D eigenvalue weighted by Gasteiger charge is 2.49. The Bertz CT molecular complexity index is 1110. The van der Waals surface area contributed by atoms with Gasteiger partial charge < -0.3 is 16.0 Å². The second-order valence-corrected chi connectivity index (χ2v) is 8.71. The lowest BCUT2D eigenvalue weighted by atomic mass is 9.91. The van der Waals surface area contributed by atoms with Gasteiger partial charge in [-0.2, -0.15) is 0 Å². The molecule has 9 heteroatoms.